The highest BCUT2D eigenvalue weighted by molar-refractivity contribution is 6.47. The van der Waals surface area contributed by atoms with Gasteiger partial charge in [-0.2, -0.15) is 0 Å². The molecule has 6 nitrogen and oxygen atoms in total. The number of fused-ring (bicyclic) bond motifs is 1. The Kier molecular flexibility index (Phi) is 4.52. The number of rotatable bonds is 5. The SMILES string of the molecule is CCCC(=O)C[C@H]1Cc2ccc(O)c(C(=O)O)c2OB1O. The Bertz CT molecular complexity index is 571. The number of hydrogen-bond acceptors (Lipinski definition) is 5. The quantitative estimate of drug-likeness (QED) is 0.713. The van der Waals surface area contributed by atoms with Crippen molar-refractivity contribution in [2.75, 3.05) is 0 Å². The van der Waals surface area contributed by atoms with E-state index in [9.17, 15) is 19.7 Å². The number of phenols is 1. The van der Waals surface area contributed by atoms with Crippen molar-refractivity contribution in [2.45, 2.75) is 38.4 Å². The van der Waals surface area contributed by atoms with Crippen molar-refractivity contribution in [1.82, 2.24) is 0 Å². The number of ketones is 1. The smallest absolute Gasteiger partial charge is 0.526 e. The van der Waals surface area contributed by atoms with Crippen LogP contribution in [0.5, 0.6) is 11.5 Å². The van der Waals surface area contributed by atoms with Gasteiger partial charge in [0.25, 0.3) is 0 Å². The van der Waals surface area contributed by atoms with Gasteiger partial charge in [0.1, 0.15) is 22.8 Å². The average molecular weight is 292 g/mol. The molecule has 3 N–H and O–H groups in total. The molecule has 0 unspecified atom stereocenters. The first-order chi connectivity index (χ1) is 9.93. The van der Waals surface area contributed by atoms with Gasteiger partial charge in [0.05, 0.1) is 0 Å². The maximum atomic E-state index is 11.7. The van der Waals surface area contributed by atoms with Crippen LogP contribution in [0.3, 0.4) is 0 Å². The molecule has 1 atom stereocenters. The molecule has 0 fully saturated rings. The molecular formula is C14H17BO6. The summed E-state index contributed by atoms with van der Waals surface area (Å²) < 4.78 is 5.26. The largest absolute Gasteiger partial charge is 0.535 e. The summed E-state index contributed by atoms with van der Waals surface area (Å²) in [6, 6.07) is 2.84. The minimum atomic E-state index is -1.32. The van der Waals surface area contributed by atoms with E-state index in [0.29, 0.717) is 18.4 Å². The molecule has 0 aliphatic carbocycles. The summed E-state index contributed by atoms with van der Waals surface area (Å²) in [5.41, 5.74) is 0.217. The van der Waals surface area contributed by atoms with Crippen LogP contribution in [0.2, 0.25) is 5.82 Å². The molecule has 0 bridgehead atoms. The number of carbonyl (C=O) groups is 2. The Morgan fingerprint density at radius 1 is 1.43 bits per heavy atom. The van der Waals surface area contributed by atoms with Gasteiger partial charge in [-0.1, -0.05) is 13.0 Å². The second kappa shape index (κ2) is 6.18. The zero-order chi connectivity index (χ0) is 15.6. The predicted molar refractivity (Wildman–Crippen MR) is 75.7 cm³/mol. The molecule has 1 aliphatic rings. The van der Waals surface area contributed by atoms with Gasteiger partial charge < -0.3 is 19.9 Å². The van der Waals surface area contributed by atoms with Crippen LogP contribution in [0.1, 0.15) is 42.1 Å². The molecular weight excluding hydrogens is 275 g/mol. The van der Waals surface area contributed by atoms with Crippen LogP contribution in [-0.2, 0) is 11.2 Å². The van der Waals surface area contributed by atoms with Crippen LogP contribution < -0.4 is 4.65 Å². The number of carbonyl (C=O) groups excluding carboxylic acids is 1. The minimum absolute atomic E-state index is 0.0193. The lowest BCUT2D eigenvalue weighted by atomic mass is 9.64. The minimum Gasteiger partial charge on any atom is -0.535 e. The summed E-state index contributed by atoms with van der Waals surface area (Å²) in [5.74, 6) is -2.10. The van der Waals surface area contributed by atoms with Crippen LogP contribution in [0.15, 0.2) is 12.1 Å². The molecule has 1 heterocycles. The van der Waals surface area contributed by atoms with Crippen molar-refractivity contribution in [1.29, 1.82) is 0 Å². The topological polar surface area (TPSA) is 104 Å². The average Bonchev–Trinajstić information content (AvgIpc) is 2.39. The third-order valence-corrected chi connectivity index (χ3v) is 3.57. The fourth-order valence-electron chi connectivity index (χ4n) is 2.56. The second-order valence-electron chi connectivity index (χ2n) is 5.22. The zero-order valence-electron chi connectivity index (χ0n) is 11.7. The fourth-order valence-corrected chi connectivity index (χ4v) is 2.56. The molecule has 2 rings (SSSR count). The third kappa shape index (κ3) is 3.18. The van der Waals surface area contributed by atoms with Crippen molar-refractivity contribution in [2.24, 2.45) is 0 Å². The summed E-state index contributed by atoms with van der Waals surface area (Å²) in [6.07, 6.45) is 1.73. The lowest BCUT2D eigenvalue weighted by Gasteiger charge is -2.28. The number of carboxylic acid groups (broad SMARTS) is 1. The molecule has 21 heavy (non-hydrogen) atoms. The van der Waals surface area contributed by atoms with Gasteiger partial charge in [-0.15, -0.1) is 0 Å². The molecule has 1 aromatic rings. The molecule has 7 heteroatoms. The number of aromatic carboxylic acids is 1. The number of benzene rings is 1. The van der Waals surface area contributed by atoms with E-state index < -0.39 is 24.7 Å². The van der Waals surface area contributed by atoms with Gasteiger partial charge in [-0.3, -0.25) is 4.79 Å². The predicted octanol–water partition coefficient (Wildman–Crippen LogP) is 1.64. The van der Waals surface area contributed by atoms with Crippen LogP contribution in [0.4, 0.5) is 0 Å². The highest BCUT2D eigenvalue weighted by Crippen LogP contribution is 2.39. The lowest BCUT2D eigenvalue weighted by Crippen LogP contribution is -2.35. The van der Waals surface area contributed by atoms with E-state index in [1.807, 2.05) is 6.92 Å². The first kappa shape index (κ1) is 15.4. The standard InChI is InChI=1S/C14H17BO6/c1-2-3-10(16)7-9-6-8-4-5-11(17)12(14(18)19)13(8)21-15(9)20/h4-5,9,17,20H,2-3,6-7H2,1H3,(H,18,19)/t9-/m1/s1. The third-order valence-electron chi connectivity index (χ3n) is 3.57. The maximum Gasteiger partial charge on any atom is 0.526 e. The number of carboxylic acids is 1. The fraction of sp³-hybridized carbons (Fsp3) is 0.429. The maximum absolute atomic E-state index is 11.7. The molecule has 0 amide bonds. The van der Waals surface area contributed by atoms with Crippen molar-refractivity contribution in [3.63, 3.8) is 0 Å². The number of aromatic hydroxyl groups is 1. The molecule has 1 aliphatic heterocycles. The van der Waals surface area contributed by atoms with Gasteiger partial charge in [-0.05, 0) is 24.5 Å². The van der Waals surface area contributed by atoms with Crippen LogP contribution in [0.25, 0.3) is 0 Å². The normalized spacial score (nSPS) is 17.0. The Hall–Kier alpha value is -2.02. The van der Waals surface area contributed by atoms with Crippen LogP contribution in [-0.4, -0.2) is 34.1 Å². The summed E-state index contributed by atoms with van der Waals surface area (Å²) in [6.45, 7) is 1.91. The van der Waals surface area contributed by atoms with E-state index in [0.717, 1.165) is 6.42 Å². The Morgan fingerprint density at radius 3 is 2.76 bits per heavy atom. The Morgan fingerprint density at radius 2 is 2.14 bits per heavy atom. The van der Waals surface area contributed by atoms with Gasteiger partial charge in [-0.25, -0.2) is 4.79 Å². The van der Waals surface area contributed by atoms with Gasteiger partial charge in [0.2, 0.25) is 0 Å². The Labute approximate surface area is 122 Å². The van der Waals surface area contributed by atoms with Crippen LogP contribution >= 0.6 is 0 Å². The van der Waals surface area contributed by atoms with Crippen molar-refractivity contribution in [3.05, 3.63) is 23.3 Å². The van der Waals surface area contributed by atoms with Crippen molar-refractivity contribution < 1.29 is 29.5 Å². The molecule has 0 saturated heterocycles. The summed E-state index contributed by atoms with van der Waals surface area (Å²) in [4.78, 5) is 22.9. The van der Waals surface area contributed by atoms with Crippen molar-refractivity contribution in [3.8, 4) is 11.5 Å². The second-order valence-corrected chi connectivity index (χ2v) is 5.22. The highest BCUT2D eigenvalue weighted by Gasteiger charge is 2.38. The molecule has 1 aromatic carbocycles. The van der Waals surface area contributed by atoms with Gasteiger partial charge in [0.15, 0.2) is 0 Å². The summed E-state index contributed by atoms with van der Waals surface area (Å²) >= 11 is 0. The molecule has 0 saturated carbocycles. The number of hydrogen-bond donors (Lipinski definition) is 3. The monoisotopic (exact) mass is 292 g/mol. The molecule has 0 spiro atoms. The molecule has 0 radical (unpaired) electrons. The van der Waals surface area contributed by atoms with E-state index in [2.05, 4.69) is 0 Å². The number of Topliss-reactive ketones (excluding diaryl/α,β-unsaturated/α-hetero) is 1. The Balaban J connectivity index is 2.26. The molecule has 0 aromatic heterocycles. The van der Waals surface area contributed by atoms with E-state index in [-0.39, 0.29) is 23.5 Å². The van der Waals surface area contributed by atoms with E-state index >= 15 is 0 Å². The summed E-state index contributed by atoms with van der Waals surface area (Å²) in [7, 11) is -1.25. The summed E-state index contributed by atoms with van der Waals surface area (Å²) in [5, 5.41) is 28.7. The zero-order valence-corrected chi connectivity index (χ0v) is 11.7. The molecule has 112 valence electrons. The van der Waals surface area contributed by atoms with Gasteiger partial charge in [0, 0.05) is 18.7 Å². The van der Waals surface area contributed by atoms with E-state index in [4.69, 9.17) is 9.76 Å². The lowest BCUT2D eigenvalue weighted by molar-refractivity contribution is -0.119. The first-order valence-corrected chi connectivity index (χ1v) is 6.88. The van der Waals surface area contributed by atoms with Crippen molar-refractivity contribution >= 4 is 18.9 Å². The van der Waals surface area contributed by atoms with E-state index in [1.54, 1.807) is 6.07 Å². The van der Waals surface area contributed by atoms with Crippen LogP contribution in [0, 0.1) is 0 Å². The first-order valence-electron chi connectivity index (χ1n) is 6.88. The van der Waals surface area contributed by atoms with Gasteiger partial charge >= 0.3 is 13.1 Å². The van der Waals surface area contributed by atoms with E-state index in [1.165, 1.54) is 6.07 Å². The highest BCUT2D eigenvalue weighted by atomic mass is 16.5.